The highest BCUT2D eigenvalue weighted by atomic mass is 35.5. The van der Waals surface area contributed by atoms with E-state index in [9.17, 15) is 14.4 Å². The van der Waals surface area contributed by atoms with Gasteiger partial charge in [0, 0.05) is 48.4 Å². The highest BCUT2D eigenvalue weighted by molar-refractivity contribution is 6.40. The molecule has 1 saturated heterocycles. The molecule has 0 aliphatic carbocycles. The van der Waals surface area contributed by atoms with Crippen molar-refractivity contribution in [2.45, 2.75) is 38.4 Å². The molecule has 12 nitrogen and oxygen atoms in total. The van der Waals surface area contributed by atoms with Crippen LogP contribution >= 0.6 is 23.2 Å². The number of carbonyl (C=O) groups excluding carboxylic acids is 3. The van der Waals surface area contributed by atoms with Gasteiger partial charge in [0.1, 0.15) is 11.6 Å². The van der Waals surface area contributed by atoms with E-state index in [1.54, 1.807) is 42.5 Å². The van der Waals surface area contributed by atoms with E-state index in [0.717, 1.165) is 37.6 Å². The molecule has 2 aliphatic heterocycles. The summed E-state index contributed by atoms with van der Waals surface area (Å²) in [6.45, 7) is 2.32. The van der Waals surface area contributed by atoms with Crippen molar-refractivity contribution in [1.29, 1.82) is 0 Å². The Labute approximate surface area is 310 Å². The number of aryl methyl sites for hydroxylation is 1. The number of amides is 2. The Kier molecular flexibility index (Phi) is 11.8. The van der Waals surface area contributed by atoms with Crippen molar-refractivity contribution < 1.29 is 33.4 Å². The predicted molar refractivity (Wildman–Crippen MR) is 195 cm³/mol. The molecule has 15 heteroatoms. The largest absolute Gasteiger partial charge is 0.496 e. The molecule has 1 aromatic heterocycles. The Hall–Kier alpha value is -4.53. The number of hydrogen-bond donors (Lipinski definition) is 4. The fourth-order valence-corrected chi connectivity index (χ4v) is 7.36. The van der Waals surface area contributed by atoms with E-state index in [0.29, 0.717) is 29.9 Å². The van der Waals surface area contributed by atoms with Crippen molar-refractivity contribution >= 4 is 52.4 Å². The number of carbonyl (C=O) groups is 3. The Bertz CT molecular complexity index is 1990. The first-order valence-electron chi connectivity index (χ1n) is 16.9. The van der Waals surface area contributed by atoms with Gasteiger partial charge in [0.15, 0.2) is 5.69 Å². The third-order valence-electron chi connectivity index (χ3n) is 9.44. The van der Waals surface area contributed by atoms with Crippen molar-refractivity contribution in [1.82, 2.24) is 20.0 Å². The molecule has 0 saturated carbocycles. The summed E-state index contributed by atoms with van der Waals surface area (Å²) in [6, 6.07) is 14.5. The predicted octanol–water partition coefficient (Wildman–Crippen LogP) is 5.92. The fraction of sp³-hybridized carbons (Fsp3) is 0.351. The van der Waals surface area contributed by atoms with Gasteiger partial charge in [-0.15, -0.1) is 0 Å². The Balaban J connectivity index is 1.18. The number of nitrogens with zero attached hydrogens (tertiary/aromatic N) is 3. The zero-order chi connectivity index (χ0) is 36.9. The highest BCUT2D eigenvalue weighted by Crippen LogP contribution is 2.41. The summed E-state index contributed by atoms with van der Waals surface area (Å²) < 4.78 is 27.1. The zero-order valence-electron chi connectivity index (χ0n) is 28.7. The van der Waals surface area contributed by atoms with Gasteiger partial charge < -0.3 is 30.5 Å². The van der Waals surface area contributed by atoms with Crippen LogP contribution in [0.25, 0.3) is 11.1 Å². The van der Waals surface area contributed by atoms with E-state index >= 15 is 4.39 Å². The summed E-state index contributed by atoms with van der Waals surface area (Å²) >= 11 is 13.7. The van der Waals surface area contributed by atoms with Crippen LogP contribution in [0.1, 0.15) is 57.4 Å². The van der Waals surface area contributed by atoms with Crippen LogP contribution in [0.5, 0.6) is 5.75 Å². The first kappa shape index (κ1) is 37.2. The number of likely N-dealkylation sites (tertiary alicyclic amines) is 1. The maximum Gasteiger partial charge on any atom is 0.310 e. The van der Waals surface area contributed by atoms with E-state index in [2.05, 4.69) is 25.9 Å². The normalized spacial score (nSPS) is 17.0. The topological polar surface area (TPSA) is 147 Å². The second-order valence-electron chi connectivity index (χ2n) is 12.6. The molecule has 3 heterocycles. The van der Waals surface area contributed by atoms with Gasteiger partial charge >= 0.3 is 5.97 Å². The number of aromatic nitrogens is 2. The third-order valence-corrected chi connectivity index (χ3v) is 10.3. The Morgan fingerprint density at radius 3 is 2.31 bits per heavy atom. The van der Waals surface area contributed by atoms with Gasteiger partial charge in [0.25, 0.3) is 11.8 Å². The quantitative estimate of drug-likeness (QED) is 0.102. The van der Waals surface area contributed by atoms with Crippen LogP contribution in [0.15, 0.2) is 54.6 Å². The minimum absolute atomic E-state index is 0.0163. The van der Waals surface area contributed by atoms with Gasteiger partial charge in [0.05, 0.1) is 59.9 Å². The summed E-state index contributed by atoms with van der Waals surface area (Å²) in [7, 11) is 2.79. The average Bonchev–Trinajstić information content (AvgIpc) is 3.82. The van der Waals surface area contributed by atoms with Gasteiger partial charge in [-0.05, 0) is 56.1 Å². The van der Waals surface area contributed by atoms with Crippen LogP contribution in [0.3, 0.4) is 0 Å². The lowest BCUT2D eigenvalue weighted by Gasteiger charge is -2.31. The summed E-state index contributed by atoms with van der Waals surface area (Å²) in [5.74, 6) is -1.88. The summed E-state index contributed by atoms with van der Waals surface area (Å²) in [6.07, 6.45) is 2.53. The number of rotatable bonds is 12. The van der Waals surface area contributed by atoms with Gasteiger partial charge in [-0.1, -0.05) is 47.5 Å². The van der Waals surface area contributed by atoms with Gasteiger partial charge in [-0.2, -0.15) is 5.10 Å². The molecule has 1 unspecified atom stereocenters. The Morgan fingerprint density at radius 2 is 1.65 bits per heavy atom. The molecule has 2 amide bonds. The molecule has 0 bridgehead atoms. The number of ether oxygens (including phenoxy) is 2. The molecule has 4 N–H and O–H groups in total. The number of aliphatic hydroxyl groups is 1. The van der Waals surface area contributed by atoms with E-state index in [-0.39, 0.29) is 75.9 Å². The molecule has 52 heavy (non-hydrogen) atoms. The lowest BCUT2D eigenvalue weighted by Crippen LogP contribution is -2.32. The number of benzene rings is 3. The van der Waals surface area contributed by atoms with E-state index in [1.165, 1.54) is 20.3 Å². The molecular formula is C37H39Cl2FN6O6. The minimum Gasteiger partial charge on any atom is -0.496 e. The van der Waals surface area contributed by atoms with Crippen LogP contribution in [-0.4, -0.2) is 78.0 Å². The molecule has 4 aromatic rings. The van der Waals surface area contributed by atoms with E-state index in [4.69, 9.17) is 37.8 Å². The van der Waals surface area contributed by atoms with Crippen molar-refractivity contribution in [2.75, 3.05) is 51.1 Å². The van der Waals surface area contributed by atoms with Crippen molar-refractivity contribution in [3.63, 3.8) is 0 Å². The molecule has 0 radical (unpaired) electrons. The van der Waals surface area contributed by atoms with E-state index in [1.807, 2.05) is 4.68 Å². The Morgan fingerprint density at radius 1 is 0.962 bits per heavy atom. The van der Waals surface area contributed by atoms with Gasteiger partial charge in [0.2, 0.25) is 0 Å². The van der Waals surface area contributed by atoms with Gasteiger partial charge in [-0.3, -0.25) is 24.0 Å². The zero-order valence-corrected chi connectivity index (χ0v) is 30.2. The van der Waals surface area contributed by atoms with Gasteiger partial charge in [-0.25, -0.2) is 4.39 Å². The first-order chi connectivity index (χ1) is 25.1. The van der Waals surface area contributed by atoms with Crippen molar-refractivity contribution in [2.24, 2.45) is 5.92 Å². The first-order valence-corrected chi connectivity index (χ1v) is 17.7. The molecule has 0 spiro atoms. The lowest BCUT2D eigenvalue weighted by molar-refractivity contribution is -0.145. The standard InChI is InChI=1S/C37H39Cl2FN6O6/c1-51-32-17-22(16-26(40)25(32)19-41-12-15-47)35(48)42-27-8-3-6-23(33(27)38)24-7-4-9-28(34(24)39)43-36(49)29-18-31-30(10-5-13-46(31)44-29)45-14-11-21(20-45)37(50)52-2/h3-4,6-9,16-18,21,30,41,47H,5,10-15,19-20H2,1-2H3,(H,42,48)(H,43,49)/t21-,30?/m1/s1. The number of methoxy groups -OCH3 is 2. The van der Waals surface area contributed by atoms with Crippen LogP contribution in [0, 0.1) is 11.7 Å². The molecule has 2 aliphatic rings. The number of hydrogen-bond acceptors (Lipinski definition) is 9. The summed E-state index contributed by atoms with van der Waals surface area (Å²) in [5.41, 5.74) is 3.02. The van der Waals surface area contributed by atoms with Crippen molar-refractivity contribution in [3.05, 3.63) is 93.0 Å². The van der Waals surface area contributed by atoms with Crippen LogP contribution in [0.4, 0.5) is 15.8 Å². The molecule has 2 atom stereocenters. The SMILES string of the molecule is COC(=O)[C@@H]1CCN(C2CCCn3nc(C(=O)Nc4cccc(-c5cccc(NC(=O)c6cc(F)c(CNCCO)c(OC)c6)c5Cl)c4Cl)cc32)C1. The number of anilines is 2. The van der Waals surface area contributed by atoms with Crippen molar-refractivity contribution in [3.8, 4) is 16.9 Å². The lowest BCUT2D eigenvalue weighted by atomic mass is 10.0. The smallest absolute Gasteiger partial charge is 0.310 e. The maximum absolute atomic E-state index is 15.0. The second-order valence-corrected chi connectivity index (χ2v) is 13.4. The molecule has 6 rings (SSSR count). The van der Waals surface area contributed by atoms with Crippen LogP contribution in [-0.2, 0) is 22.6 Å². The molecular weight excluding hydrogens is 714 g/mol. The summed E-state index contributed by atoms with van der Waals surface area (Å²) in [5, 5.41) is 22.6. The fourth-order valence-electron chi connectivity index (χ4n) is 6.81. The molecule has 274 valence electrons. The van der Waals surface area contributed by atoms with E-state index < -0.39 is 17.6 Å². The number of aliphatic hydroxyl groups excluding tert-OH is 1. The third kappa shape index (κ3) is 7.79. The second kappa shape index (κ2) is 16.4. The maximum atomic E-state index is 15.0. The average molecular weight is 754 g/mol. The number of halogens is 3. The molecule has 1 fully saturated rings. The number of esters is 1. The monoisotopic (exact) mass is 752 g/mol. The van der Waals surface area contributed by atoms with Crippen LogP contribution < -0.4 is 20.7 Å². The van der Waals surface area contributed by atoms with Crippen LogP contribution in [0.2, 0.25) is 10.0 Å². The number of nitrogens with one attached hydrogen (secondary N) is 3. The highest BCUT2D eigenvalue weighted by Gasteiger charge is 2.36. The number of fused-ring (bicyclic) bond motifs is 1. The summed E-state index contributed by atoms with van der Waals surface area (Å²) in [4.78, 5) is 41.2. The minimum atomic E-state index is -0.642. The molecule has 3 aromatic carbocycles.